The number of hydrazine groups is 1. The lowest BCUT2D eigenvalue weighted by atomic mass is 9.84. The molecule has 3 aliphatic heterocycles. The number of benzene rings is 2. The van der Waals surface area contributed by atoms with Crippen molar-refractivity contribution in [3.63, 3.8) is 0 Å². The second kappa shape index (κ2) is 23.1. The molecule has 402 valence electrons. The first-order valence-corrected chi connectivity index (χ1v) is 28.8. The van der Waals surface area contributed by atoms with Crippen molar-refractivity contribution < 1.29 is 37.9 Å². The Bertz CT molecular complexity index is 2690. The number of cyclic esters (lactones) is 1. The average Bonchev–Trinajstić information content (AvgIpc) is 4.16. The molecule has 0 spiro atoms. The molecule has 3 aliphatic rings. The van der Waals surface area contributed by atoms with Crippen LogP contribution < -0.4 is 20.5 Å². The van der Waals surface area contributed by atoms with Crippen molar-refractivity contribution >= 4 is 48.8 Å². The lowest BCUT2D eigenvalue weighted by Gasteiger charge is -2.42. The SMILES string of the molecule is CCn1c(-c2cnccc2COC)c2c3cc(ccc31)-c1cc(cc(O[Si](C(C)C)(C(C)C)C(C)C)c1)C[C@H](NC(=O)[C@H](C(C)C)N(C)C(=O)CN(C)C(=O)[C@H]1CN1)C(=O)N1CCC[C@H](N1)C(=O)OCC(C)(C)C2. The Morgan fingerprint density at radius 2 is 1.68 bits per heavy atom. The van der Waals surface area contributed by atoms with Gasteiger partial charge in [0.1, 0.15) is 23.9 Å². The predicted octanol–water partition coefficient (Wildman–Crippen LogP) is 7.65. The van der Waals surface area contributed by atoms with E-state index in [-0.39, 0.29) is 54.1 Å². The highest BCUT2D eigenvalue weighted by molar-refractivity contribution is 6.78. The van der Waals surface area contributed by atoms with Gasteiger partial charge in [-0.1, -0.05) is 81.4 Å². The monoisotopic (exact) mass is 1030 g/mol. The number of hydrogen-bond donors (Lipinski definition) is 3. The molecule has 5 heterocycles. The van der Waals surface area contributed by atoms with E-state index in [4.69, 9.17) is 13.9 Å². The number of carbonyl (C=O) groups excluding carboxylic acids is 5. The maximum absolute atomic E-state index is 15.2. The first-order chi connectivity index (χ1) is 35.0. The fourth-order valence-corrected chi connectivity index (χ4v) is 17.0. The lowest BCUT2D eigenvalue weighted by Crippen LogP contribution is -2.62. The third kappa shape index (κ3) is 11.9. The highest BCUT2D eigenvalue weighted by atomic mass is 28.4. The van der Waals surface area contributed by atoms with Gasteiger partial charge in [-0.2, -0.15) is 0 Å². The highest BCUT2D eigenvalue weighted by Gasteiger charge is 2.47. The molecule has 2 saturated heterocycles. The van der Waals surface area contributed by atoms with Gasteiger partial charge in [0.05, 0.1) is 31.5 Å². The Morgan fingerprint density at radius 3 is 2.31 bits per heavy atom. The number of pyridine rings is 1. The summed E-state index contributed by atoms with van der Waals surface area (Å²) in [6.45, 7) is 25.4. The van der Waals surface area contributed by atoms with Gasteiger partial charge >= 0.3 is 5.97 Å². The van der Waals surface area contributed by atoms with E-state index in [1.54, 1.807) is 27.4 Å². The number of carbonyl (C=O) groups is 5. The third-order valence-corrected chi connectivity index (χ3v) is 21.5. The maximum atomic E-state index is 15.2. The summed E-state index contributed by atoms with van der Waals surface area (Å²) in [5, 5.41) is 8.60. The minimum atomic E-state index is -2.54. The fourth-order valence-electron chi connectivity index (χ4n) is 11.8. The van der Waals surface area contributed by atoms with Crippen LogP contribution in [0.1, 0.15) is 106 Å². The molecule has 2 fully saturated rings. The third-order valence-electron chi connectivity index (χ3n) is 15.5. The molecule has 0 saturated carbocycles. The second-order valence-electron chi connectivity index (χ2n) is 22.9. The first-order valence-electron chi connectivity index (χ1n) is 26.7. The van der Waals surface area contributed by atoms with E-state index in [1.807, 2.05) is 32.2 Å². The van der Waals surface area contributed by atoms with Gasteiger partial charge in [-0.15, -0.1) is 0 Å². The van der Waals surface area contributed by atoms with Crippen molar-refractivity contribution in [1.29, 1.82) is 0 Å². The van der Waals surface area contributed by atoms with Crippen molar-refractivity contribution in [2.24, 2.45) is 11.3 Å². The molecule has 4 amide bonds. The number of ether oxygens (including phenoxy) is 2. The summed E-state index contributed by atoms with van der Waals surface area (Å²) < 4.78 is 21.7. The molecule has 16 nitrogen and oxygen atoms in total. The highest BCUT2D eigenvalue weighted by Crippen LogP contribution is 2.45. The largest absolute Gasteiger partial charge is 0.543 e. The Balaban J connectivity index is 1.41. The maximum Gasteiger partial charge on any atom is 0.324 e. The second-order valence-corrected chi connectivity index (χ2v) is 28.3. The molecule has 0 radical (unpaired) electrons. The van der Waals surface area contributed by atoms with Gasteiger partial charge in [0.2, 0.25) is 17.7 Å². The Morgan fingerprint density at radius 1 is 0.973 bits per heavy atom. The van der Waals surface area contributed by atoms with Crippen molar-refractivity contribution in [1.82, 2.24) is 40.4 Å². The summed E-state index contributed by atoms with van der Waals surface area (Å²) in [6.07, 6.45) is 5.31. The topological polar surface area (TPSA) is 187 Å². The first kappa shape index (κ1) is 56.1. The van der Waals surface area contributed by atoms with Crippen molar-refractivity contribution in [3.05, 3.63) is 71.5 Å². The van der Waals surface area contributed by atoms with E-state index in [1.165, 1.54) is 14.8 Å². The van der Waals surface area contributed by atoms with Crippen molar-refractivity contribution in [2.75, 3.05) is 47.4 Å². The van der Waals surface area contributed by atoms with E-state index in [2.05, 4.69) is 118 Å². The van der Waals surface area contributed by atoms with Crippen LogP contribution in [0.5, 0.6) is 5.75 Å². The number of likely N-dealkylation sites (N-methyl/N-ethyl adjacent to an activating group) is 2. The van der Waals surface area contributed by atoms with E-state index >= 15 is 4.79 Å². The van der Waals surface area contributed by atoms with Gasteiger partial charge in [-0.3, -0.25) is 34.0 Å². The molecule has 17 heteroatoms. The minimum Gasteiger partial charge on any atom is -0.543 e. The number of methoxy groups -OCH3 is 1. The molecule has 4 aromatic rings. The normalized spacial score (nSPS) is 19.6. The molecule has 2 aromatic carbocycles. The molecule has 7 rings (SSSR count). The van der Waals surface area contributed by atoms with Crippen LogP contribution in [0, 0.1) is 11.3 Å². The molecule has 0 aliphatic carbocycles. The zero-order valence-electron chi connectivity index (χ0n) is 46.4. The fraction of sp³-hybridized carbons (Fsp3) is 0.579. The van der Waals surface area contributed by atoms with Crippen LogP contribution in [0.4, 0.5) is 0 Å². The number of esters is 1. The van der Waals surface area contributed by atoms with Crippen molar-refractivity contribution in [3.8, 4) is 28.1 Å². The van der Waals surface area contributed by atoms with Crippen LogP contribution in [0.25, 0.3) is 33.3 Å². The zero-order chi connectivity index (χ0) is 54.0. The van der Waals surface area contributed by atoms with E-state index in [9.17, 15) is 19.2 Å². The number of aryl methyl sites for hydroxylation is 1. The van der Waals surface area contributed by atoms with Crippen LogP contribution in [0.2, 0.25) is 16.6 Å². The van der Waals surface area contributed by atoms with Crippen LogP contribution in [0.15, 0.2) is 54.9 Å². The Labute approximate surface area is 439 Å². The van der Waals surface area contributed by atoms with E-state index < -0.39 is 55.5 Å². The summed E-state index contributed by atoms with van der Waals surface area (Å²) in [5.74, 6) is -1.67. The standard InChI is InChI=1S/C57H82N8O8Si/c1-15-64-49-19-18-39-27-43(49)44(52(64)45-29-58-21-20-40(45)32-71-14)28-57(10,11)33-72-56(70)46-17-16-22-65(61-46)55(69)47(25-38-23-41(39)26-42(24-38)73-74(35(4)5,36(6)7)37(8)9)60-53(67)51(34(2)3)63(13)50(66)31-62(12)54(68)48-30-59-48/h18-21,23-24,26-27,29,34-37,46-48,51,59,61H,15-17,22,25,28,30-33H2,1-14H3,(H,60,67)/t46-,47-,48+,51-/m0/s1. The zero-order valence-corrected chi connectivity index (χ0v) is 47.4. The number of nitrogens with zero attached hydrogens (tertiary/aromatic N) is 5. The minimum absolute atomic E-state index is 0.0666. The summed E-state index contributed by atoms with van der Waals surface area (Å²) in [6, 6.07) is 11.6. The van der Waals surface area contributed by atoms with Crippen LogP contribution in [-0.2, 0) is 59.4 Å². The van der Waals surface area contributed by atoms with Gasteiger partial charge < -0.3 is 38.9 Å². The van der Waals surface area contributed by atoms with Crippen molar-refractivity contribution in [2.45, 2.75) is 156 Å². The quantitative estimate of drug-likeness (QED) is 0.0569. The number of rotatable bonds is 16. The number of fused-ring (bicyclic) bond motifs is 6. The van der Waals surface area contributed by atoms with Crippen LogP contribution in [0.3, 0.4) is 0 Å². The molecule has 0 unspecified atom stereocenters. The molecular formula is C57H82N8O8Si. The molecule has 3 N–H and O–H groups in total. The average molecular weight is 1040 g/mol. The van der Waals surface area contributed by atoms with E-state index in [0.29, 0.717) is 51.3 Å². The molecule has 74 heavy (non-hydrogen) atoms. The van der Waals surface area contributed by atoms with Gasteiger partial charge in [0.15, 0.2) is 0 Å². The van der Waals surface area contributed by atoms with Gasteiger partial charge in [0.25, 0.3) is 14.2 Å². The summed E-state index contributed by atoms with van der Waals surface area (Å²) in [7, 11) is 2.30. The van der Waals surface area contributed by atoms with Crippen LogP contribution in [-0.4, -0.2) is 134 Å². The summed E-state index contributed by atoms with van der Waals surface area (Å²) in [5.41, 5.74) is 11.3. The smallest absolute Gasteiger partial charge is 0.324 e. The lowest BCUT2D eigenvalue weighted by molar-refractivity contribution is -0.155. The van der Waals surface area contributed by atoms with Crippen LogP contribution >= 0.6 is 0 Å². The summed E-state index contributed by atoms with van der Waals surface area (Å²) in [4.78, 5) is 78.1. The number of amides is 4. The van der Waals surface area contributed by atoms with Gasteiger partial charge in [-0.05, 0) is 107 Å². The predicted molar refractivity (Wildman–Crippen MR) is 291 cm³/mol. The number of aromatic nitrogens is 2. The summed E-state index contributed by atoms with van der Waals surface area (Å²) >= 11 is 0. The van der Waals surface area contributed by atoms with Gasteiger partial charge in [0, 0.05) is 81.5 Å². The van der Waals surface area contributed by atoms with E-state index in [0.717, 1.165) is 50.0 Å². The molecule has 6 bridgehead atoms. The molecule has 2 aromatic heterocycles. The number of hydrogen-bond acceptors (Lipinski definition) is 11. The Kier molecular flexibility index (Phi) is 17.5. The molecular weight excluding hydrogens is 953 g/mol. The number of nitrogens with one attached hydrogen (secondary N) is 3. The van der Waals surface area contributed by atoms with Gasteiger partial charge in [-0.25, -0.2) is 5.43 Å². The Hall–Kier alpha value is -5.62. The molecule has 4 atom stereocenters.